The van der Waals surface area contributed by atoms with Gasteiger partial charge < -0.3 is 5.73 Å². The number of nitrogens with two attached hydrogens (primary N) is 1. The number of nitrogens with zero attached hydrogens (tertiary/aromatic N) is 2. The van der Waals surface area contributed by atoms with Crippen molar-refractivity contribution in [3.63, 3.8) is 0 Å². The molecule has 1 aliphatic rings. The van der Waals surface area contributed by atoms with Crippen LogP contribution >= 0.6 is 0 Å². The largest absolute Gasteiger partial charge is 0.396 e. The summed E-state index contributed by atoms with van der Waals surface area (Å²) in [5.41, 5.74) is 9.44. The van der Waals surface area contributed by atoms with Gasteiger partial charge in [-0.1, -0.05) is 24.3 Å². The van der Waals surface area contributed by atoms with E-state index in [0.29, 0.717) is 5.92 Å². The molecule has 0 bridgehead atoms. The third-order valence-electron chi connectivity index (χ3n) is 3.55. The Labute approximate surface area is 101 Å². The van der Waals surface area contributed by atoms with Crippen LogP contribution in [0.25, 0.3) is 0 Å². The molecule has 2 N–H and O–H groups in total. The van der Waals surface area contributed by atoms with Crippen LogP contribution in [0, 0.1) is 0 Å². The molecule has 1 heterocycles. The second-order valence-corrected chi connectivity index (χ2v) is 4.78. The SMILES string of the molecule is Nc1cnn(CC2CCCc3ccccc32)c1. The van der Waals surface area contributed by atoms with Gasteiger partial charge in [0.1, 0.15) is 0 Å². The van der Waals surface area contributed by atoms with Crippen molar-refractivity contribution in [1.82, 2.24) is 9.78 Å². The van der Waals surface area contributed by atoms with Crippen LogP contribution in [0.1, 0.15) is 29.9 Å². The number of hydrogen-bond donors (Lipinski definition) is 1. The van der Waals surface area contributed by atoms with Crippen molar-refractivity contribution in [2.45, 2.75) is 31.7 Å². The molecule has 0 spiro atoms. The summed E-state index contributed by atoms with van der Waals surface area (Å²) in [5, 5.41) is 4.27. The minimum absolute atomic E-state index is 0.583. The molecule has 0 fully saturated rings. The molecule has 1 unspecified atom stereocenters. The maximum Gasteiger partial charge on any atom is 0.0719 e. The van der Waals surface area contributed by atoms with E-state index in [-0.39, 0.29) is 0 Å². The molecular formula is C14H17N3. The fourth-order valence-electron chi connectivity index (χ4n) is 2.75. The molecule has 3 rings (SSSR count). The van der Waals surface area contributed by atoms with Crippen LogP contribution in [-0.2, 0) is 13.0 Å². The number of hydrogen-bond acceptors (Lipinski definition) is 2. The van der Waals surface area contributed by atoms with E-state index in [0.717, 1.165) is 12.2 Å². The van der Waals surface area contributed by atoms with Crippen LogP contribution in [0.15, 0.2) is 36.7 Å². The Kier molecular flexibility index (Phi) is 2.59. The van der Waals surface area contributed by atoms with Crippen LogP contribution in [0.2, 0.25) is 0 Å². The summed E-state index contributed by atoms with van der Waals surface area (Å²) >= 11 is 0. The molecule has 3 heteroatoms. The van der Waals surface area contributed by atoms with E-state index in [9.17, 15) is 0 Å². The first-order valence-electron chi connectivity index (χ1n) is 6.18. The summed E-state index contributed by atoms with van der Waals surface area (Å²) < 4.78 is 1.96. The lowest BCUT2D eigenvalue weighted by Crippen LogP contribution is -2.15. The van der Waals surface area contributed by atoms with Crippen molar-refractivity contribution in [2.24, 2.45) is 0 Å². The molecule has 0 saturated heterocycles. The van der Waals surface area contributed by atoms with E-state index in [2.05, 4.69) is 29.4 Å². The van der Waals surface area contributed by atoms with Crippen molar-refractivity contribution >= 4 is 5.69 Å². The number of rotatable bonds is 2. The smallest absolute Gasteiger partial charge is 0.0719 e. The quantitative estimate of drug-likeness (QED) is 0.857. The van der Waals surface area contributed by atoms with Crippen LogP contribution in [0.4, 0.5) is 5.69 Å². The first-order chi connectivity index (χ1) is 8.33. The molecule has 0 saturated carbocycles. The second kappa shape index (κ2) is 4.24. The fourth-order valence-corrected chi connectivity index (χ4v) is 2.75. The minimum Gasteiger partial charge on any atom is -0.396 e. The number of anilines is 1. The van der Waals surface area contributed by atoms with Gasteiger partial charge in [-0.25, -0.2) is 0 Å². The summed E-state index contributed by atoms with van der Waals surface area (Å²) in [6.07, 6.45) is 7.37. The topological polar surface area (TPSA) is 43.8 Å². The zero-order chi connectivity index (χ0) is 11.7. The molecule has 0 amide bonds. The molecule has 17 heavy (non-hydrogen) atoms. The molecule has 2 aromatic rings. The number of benzene rings is 1. The summed E-state index contributed by atoms with van der Waals surface area (Å²) in [4.78, 5) is 0. The van der Waals surface area contributed by atoms with Gasteiger partial charge in [0, 0.05) is 18.7 Å². The molecule has 1 aromatic carbocycles. The Morgan fingerprint density at radius 2 is 2.24 bits per heavy atom. The molecule has 1 atom stereocenters. The lowest BCUT2D eigenvalue weighted by Gasteiger charge is -2.25. The van der Waals surface area contributed by atoms with Gasteiger partial charge in [-0.15, -0.1) is 0 Å². The number of aromatic nitrogens is 2. The van der Waals surface area contributed by atoms with E-state index in [1.165, 1.54) is 30.4 Å². The lowest BCUT2D eigenvalue weighted by atomic mass is 9.83. The predicted molar refractivity (Wildman–Crippen MR) is 68.8 cm³/mol. The van der Waals surface area contributed by atoms with E-state index in [1.807, 2.05) is 10.9 Å². The number of fused-ring (bicyclic) bond motifs is 1. The molecule has 1 aromatic heterocycles. The Bertz CT molecular complexity index is 516. The van der Waals surface area contributed by atoms with Crippen molar-refractivity contribution < 1.29 is 0 Å². The normalized spacial score (nSPS) is 18.9. The van der Waals surface area contributed by atoms with E-state index in [4.69, 9.17) is 5.73 Å². The van der Waals surface area contributed by atoms with Crippen molar-refractivity contribution in [3.05, 3.63) is 47.8 Å². The van der Waals surface area contributed by atoms with Gasteiger partial charge in [-0.3, -0.25) is 4.68 Å². The molecule has 0 radical (unpaired) electrons. The average molecular weight is 227 g/mol. The van der Waals surface area contributed by atoms with Crippen molar-refractivity contribution in [2.75, 3.05) is 5.73 Å². The first kappa shape index (κ1) is 10.4. The lowest BCUT2D eigenvalue weighted by molar-refractivity contribution is 0.457. The molecule has 88 valence electrons. The summed E-state index contributed by atoms with van der Waals surface area (Å²) in [6.45, 7) is 0.939. The molecule has 1 aliphatic carbocycles. The highest BCUT2D eigenvalue weighted by Gasteiger charge is 2.20. The van der Waals surface area contributed by atoms with Gasteiger partial charge in [0.15, 0.2) is 0 Å². The van der Waals surface area contributed by atoms with Gasteiger partial charge in [0.05, 0.1) is 11.9 Å². The third kappa shape index (κ3) is 2.05. The summed E-state index contributed by atoms with van der Waals surface area (Å²) in [6, 6.07) is 8.77. The zero-order valence-electron chi connectivity index (χ0n) is 9.84. The first-order valence-corrected chi connectivity index (χ1v) is 6.18. The van der Waals surface area contributed by atoms with Crippen LogP contribution in [0.5, 0.6) is 0 Å². The number of nitrogen functional groups attached to an aromatic ring is 1. The minimum atomic E-state index is 0.583. The Balaban J connectivity index is 1.85. The maximum atomic E-state index is 5.70. The molecule has 3 nitrogen and oxygen atoms in total. The predicted octanol–water partition coefficient (Wildman–Crippen LogP) is 2.59. The highest BCUT2D eigenvalue weighted by atomic mass is 15.3. The van der Waals surface area contributed by atoms with E-state index >= 15 is 0 Å². The maximum absolute atomic E-state index is 5.70. The van der Waals surface area contributed by atoms with Crippen molar-refractivity contribution in [1.29, 1.82) is 0 Å². The average Bonchev–Trinajstić information content (AvgIpc) is 2.75. The Morgan fingerprint density at radius 1 is 1.35 bits per heavy atom. The molecule has 0 aliphatic heterocycles. The Morgan fingerprint density at radius 3 is 3.06 bits per heavy atom. The summed E-state index contributed by atoms with van der Waals surface area (Å²) in [7, 11) is 0. The summed E-state index contributed by atoms with van der Waals surface area (Å²) in [5.74, 6) is 0.583. The van der Waals surface area contributed by atoms with Crippen molar-refractivity contribution in [3.8, 4) is 0 Å². The van der Waals surface area contributed by atoms with Gasteiger partial charge in [0.25, 0.3) is 0 Å². The highest BCUT2D eigenvalue weighted by Crippen LogP contribution is 2.32. The van der Waals surface area contributed by atoms with Gasteiger partial charge in [-0.2, -0.15) is 5.10 Å². The monoisotopic (exact) mass is 227 g/mol. The van der Waals surface area contributed by atoms with Gasteiger partial charge >= 0.3 is 0 Å². The third-order valence-corrected chi connectivity index (χ3v) is 3.55. The van der Waals surface area contributed by atoms with Crippen LogP contribution in [-0.4, -0.2) is 9.78 Å². The number of aryl methyl sites for hydroxylation is 1. The molecular weight excluding hydrogens is 210 g/mol. The zero-order valence-corrected chi connectivity index (χ0v) is 9.84. The second-order valence-electron chi connectivity index (χ2n) is 4.78. The fraction of sp³-hybridized carbons (Fsp3) is 0.357. The van der Waals surface area contributed by atoms with Gasteiger partial charge in [-0.05, 0) is 30.4 Å². The van der Waals surface area contributed by atoms with Gasteiger partial charge in [0.2, 0.25) is 0 Å². The Hall–Kier alpha value is -1.77. The van der Waals surface area contributed by atoms with Crippen LogP contribution < -0.4 is 5.73 Å². The van der Waals surface area contributed by atoms with Crippen LogP contribution in [0.3, 0.4) is 0 Å². The standard InChI is InChI=1S/C14H17N3/c15-13-8-16-17(10-13)9-12-6-3-5-11-4-1-2-7-14(11)12/h1-2,4,7-8,10,12H,3,5-6,9,15H2. The van der Waals surface area contributed by atoms with E-state index in [1.54, 1.807) is 6.20 Å². The highest BCUT2D eigenvalue weighted by molar-refractivity contribution is 5.33. The van der Waals surface area contributed by atoms with E-state index < -0.39 is 0 Å².